The molecule has 3 N–H and O–H groups in total. The first kappa shape index (κ1) is 8.62. The highest BCUT2D eigenvalue weighted by Gasteiger charge is 1.93. The molecule has 72 valence electrons. The topological polar surface area (TPSA) is 55.9 Å². The van der Waals surface area contributed by atoms with Crippen molar-refractivity contribution in [3.8, 4) is 0 Å². The predicted molar refractivity (Wildman–Crippen MR) is 56.1 cm³/mol. The summed E-state index contributed by atoms with van der Waals surface area (Å²) in [6.07, 6.45) is 3.39. The van der Waals surface area contributed by atoms with Crippen LogP contribution in [-0.4, -0.2) is 9.66 Å². The second-order valence-corrected chi connectivity index (χ2v) is 3.03. The lowest BCUT2D eigenvalue weighted by Crippen LogP contribution is -2.11. The molecule has 0 saturated carbocycles. The first-order chi connectivity index (χ1) is 6.84. The minimum absolute atomic E-state index is 0.519. The zero-order valence-corrected chi connectivity index (χ0v) is 7.72. The molecular formula is C10H12N4. The first-order valence-corrected chi connectivity index (χ1v) is 4.42. The van der Waals surface area contributed by atoms with Gasteiger partial charge in [0.05, 0.1) is 12.7 Å². The normalized spacial score (nSPS) is 10.0. The van der Waals surface area contributed by atoms with Crippen LogP contribution in [-0.2, 0) is 6.54 Å². The van der Waals surface area contributed by atoms with E-state index in [1.54, 1.807) is 17.2 Å². The number of imidazole rings is 1. The molecule has 0 atom stereocenters. The van der Waals surface area contributed by atoms with Gasteiger partial charge in [0.25, 0.3) is 0 Å². The molecule has 2 aromatic rings. The van der Waals surface area contributed by atoms with Crippen LogP contribution in [0.1, 0.15) is 5.56 Å². The zero-order chi connectivity index (χ0) is 9.80. The molecule has 1 aromatic heterocycles. The Balaban J connectivity index is 1.95. The van der Waals surface area contributed by atoms with Crippen LogP contribution in [0, 0.1) is 0 Å². The van der Waals surface area contributed by atoms with Crippen molar-refractivity contribution >= 4 is 5.82 Å². The van der Waals surface area contributed by atoms with Crippen LogP contribution >= 0.6 is 0 Å². The van der Waals surface area contributed by atoms with E-state index in [0.29, 0.717) is 5.82 Å². The Morgan fingerprint density at radius 2 is 2.07 bits per heavy atom. The maximum absolute atomic E-state index is 5.48. The van der Waals surface area contributed by atoms with Gasteiger partial charge in [-0.25, -0.2) is 4.98 Å². The summed E-state index contributed by atoms with van der Waals surface area (Å²) in [6, 6.07) is 10.2. The van der Waals surface area contributed by atoms with Crippen LogP contribution in [0.25, 0.3) is 0 Å². The number of nitrogen functional groups attached to an aromatic ring is 1. The summed E-state index contributed by atoms with van der Waals surface area (Å²) in [4.78, 5) is 3.91. The third kappa shape index (κ3) is 2.04. The number of benzene rings is 1. The van der Waals surface area contributed by atoms with Crippen LogP contribution in [0.15, 0.2) is 42.9 Å². The van der Waals surface area contributed by atoms with Crippen molar-refractivity contribution in [2.45, 2.75) is 6.54 Å². The quantitative estimate of drug-likeness (QED) is 0.761. The third-order valence-electron chi connectivity index (χ3n) is 1.91. The van der Waals surface area contributed by atoms with E-state index >= 15 is 0 Å². The fourth-order valence-electron chi connectivity index (χ4n) is 1.20. The van der Waals surface area contributed by atoms with Crippen LogP contribution < -0.4 is 11.2 Å². The number of nitrogens with two attached hydrogens (primary N) is 1. The summed E-state index contributed by atoms with van der Waals surface area (Å²) in [5.74, 6) is 0.519. The van der Waals surface area contributed by atoms with Crippen molar-refractivity contribution in [3.63, 3.8) is 0 Å². The lowest BCUT2D eigenvalue weighted by molar-refractivity contribution is 0.839. The average molecular weight is 188 g/mol. The summed E-state index contributed by atoms with van der Waals surface area (Å²) >= 11 is 0. The third-order valence-corrected chi connectivity index (χ3v) is 1.91. The number of hydrogen-bond donors (Lipinski definition) is 2. The van der Waals surface area contributed by atoms with E-state index in [1.807, 2.05) is 18.2 Å². The molecule has 4 nitrogen and oxygen atoms in total. The summed E-state index contributed by atoms with van der Waals surface area (Å²) in [7, 11) is 0. The molecular weight excluding hydrogens is 176 g/mol. The SMILES string of the molecule is Nc1cn(NCc2ccccc2)cn1. The van der Waals surface area contributed by atoms with Gasteiger partial charge in [-0.15, -0.1) is 0 Å². The Morgan fingerprint density at radius 1 is 1.29 bits per heavy atom. The monoisotopic (exact) mass is 188 g/mol. The van der Waals surface area contributed by atoms with Crippen molar-refractivity contribution in [1.29, 1.82) is 0 Å². The van der Waals surface area contributed by atoms with Gasteiger partial charge in [-0.1, -0.05) is 30.3 Å². The van der Waals surface area contributed by atoms with Crippen molar-refractivity contribution in [3.05, 3.63) is 48.4 Å². The molecule has 0 bridgehead atoms. The standard InChI is InChI=1S/C10H12N4/c11-10-7-14(8-12-10)13-6-9-4-2-1-3-5-9/h1-5,7-8,13H,6,11H2. The van der Waals surface area contributed by atoms with Crippen LogP contribution in [0.3, 0.4) is 0 Å². The van der Waals surface area contributed by atoms with E-state index in [0.717, 1.165) is 6.54 Å². The number of nitrogens with zero attached hydrogens (tertiary/aromatic N) is 2. The molecule has 1 heterocycles. The predicted octanol–water partition coefficient (Wildman–Crippen LogP) is 1.21. The maximum Gasteiger partial charge on any atom is 0.143 e. The van der Waals surface area contributed by atoms with Gasteiger partial charge < -0.3 is 11.2 Å². The molecule has 1 aromatic carbocycles. The minimum Gasteiger partial charge on any atom is -0.382 e. The number of anilines is 1. The van der Waals surface area contributed by atoms with Gasteiger partial charge in [0, 0.05) is 0 Å². The second-order valence-electron chi connectivity index (χ2n) is 3.03. The number of nitrogens with one attached hydrogen (secondary N) is 1. The molecule has 4 heteroatoms. The molecule has 0 amide bonds. The summed E-state index contributed by atoms with van der Waals surface area (Å²) in [6.45, 7) is 0.761. The van der Waals surface area contributed by atoms with Gasteiger partial charge in [-0.3, -0.25) is 4.68 Å². The molecule has 0 fully saturated rings. The largest absolute Gasteiger partial charge is 0.382 e. The smallest absolute Gasteiger partial charge is 0.143 e. The van der Waals surface area contributed by atoms with Gasteiger partial charge in [0.1, 0.15) is 12.1 Å². The van der Waals surface area contributed by atoms with Crippen molar-refractivity contribution in [2.75, 3.05) is 11.2 Å². The van der Waals surface area contributed by atoms with Gasteiger partial charge in [-0.05, 0) is 5.56 Å². The van der Waals surface area contributed by atoms with Gasteiger partial charge in [0.15, 0.2) is 0 Å². The average Bonchev–Trinajstić information content (AvgIpc) is 2.63. The fraction of sp³-hybridized carbons (Fsp3) is 0.100. The molecule has 0 aliphatic heterocycles. The Kier molecular flexibility index (Phi) is 2.36. The van der Waals surface area contributed by atoms with Gasteiger partial charge >= 0.3 is 0 Å². The van der Waals surface area contributed by atoms with Gasteiger partial charge in [-0.2, -0.15) is 0 Å². The van der Waals surface area contributed by atoms with E-state index in [1.165, 1.54) is 5.56 Å². The number of hydrogen-bond acceptors (Lipinski definition) is 3. The van der Waals surface area contributed by atoms with E-state index in [4.69, 9.17) is 5.73 Å². The summed E-state index contributed by atoms with van der Waals surface area (Å²) in [5.41, 5.74) is 9.85. The van der Waals surface area contributed by atoms with E-state index in [-0.39, 0.29) is 0 Å². The van der Waals surface area contributed by atoms with E-state index in [9.17, 15) is 0 Å². The molecule has 0 spiro atoms. The van der Waals surface area contributed by atoms with Crippen molar-refractivity contribution in [1.82, 2.24) is 9.66 Å². The Morgan fingerprint density at radius 3 is 2.71 bits per heavy atom. The summed E-state index contributed by atoms with van der Waals surface area (Å²) < 4.78 is 1.75. The van der Waals surface area contributed by atoms with Crippen LogP contribution in [0.5, 0.6) is 0 Å². The molecule has 0 saturated heterocycles. The second kappa shape index (κ2) is 3.83. The fourth-order valence-corrected chi connectivity index (χ4v) is 1.20. The maximum atomic E-state index is 5.48. The molecule has 0 aliphatic carbocycles. The molecule has 0 radical (unpaired) electrons. The Bertz CT molecular complexity index is 394. The Hall–Kier alpha value is -1.97. The highest BCUT2D eigenvalue weighted by atomic mass is 15.4. The number of aromatic nitrogens is 2. The minimum atomic E-state index is 0.519. The van der Waals surface area contributed by atoms with E-state index < -0.39 is 0 Å². The first-order valence-electron chi connectivity index (χ1n) is 4.42. The molecule has 0 aliphatic rings. The van der Waals surface area contributed by atoms with Crippen LogP contribution in [0.2, 0.25) is 0 Å². The molecule has 0 unspecified atom stereocenters. The van der Waals surface area contributed by atoms with Crippen LogP contribution in [0.4, 0.5) is 5.82 Å². The zero-order valence-electron chi connectivity index (χ0n) is 7.72. The lowest BCUT2D eigenvalue weighted by Gasteiger charge is -2.05. The lowest BCUT2D eigenvalue weighted by atomic mass is 10.2. The number of rotatable bonds is 3. The highest BCUT2D eigenvalue weighted by molar-refractivity contribution is 5.23. The van der Waals surface area contributed by atoms with Gasteiger partial charge in [0.2, 0.25) is 0 Å². The van der Waals surface area contributed by atoms with Crippen molar-refractivity contribution < 1.29 is 0 Å². The van der Waals surface area contributed by atoms with Crippen molar-refractivity contribution in [2.24, 2.45) is 0 Å². The molecule has 2 rings (SSSR count). The molecule has 14 heavy (non-hydrogen) atoms. The summed E-state index contributed by atoms with van der Waals surface area (Å²) in [5, 5.41) is 0. The highest BCUT2D eigenvalue weighted by Crippen LogP contribution is 1.99. The Labute approximate surface area is 82.4 Å². The van der Waals surface area contributed by atoms with E-state index in [2.05, 4.69) is 22.5 Å².